The lowest BCUT2D eigenvalue weighted by Crippen LogP contribution is -2.38. The summed E-state index contributed by atoms with van der Waals surface area (Å²) in [5, 5.41) is 3.38. The zero-order chi connectivity index (χ0) is 12.7. The first-order valence-electron chi connectivity index (χ1n) is 6.12. The molecule has 0 atom stereocenters. The van der Waals surface area contributed by atoms with E-state index >= 15 is 0 Å². The van der Waals surface area contributed by atoms with Crippen LogP contribution in [0.4, 0.5) is 0 Å². The third-order valence-electron chi connectivity index (χ3n) is 2.16. The standard InChI is InChI=1S/C14H23NO2/c1-5-16-12-8-6-7-9-13(12)17-11-10-15-14(2,3)4/h6-9,15H,5,10-11H2,1-4H3. The summed E-state index contributed by atoms with van der Waals surface area (Å²) in [6.45, 7) is 10.5. The molecule has 1 N–H and O–H groups in total. The van der Waals surface area contributed by atoms with E-state index in [9.17, 15) is 0 Å². The molecule has 0 saturated heterocycles. The van der Waals surface area contributed by atoms with Crippen molar-refractivity contribution in [2.75, 3.05) is 19.8 Å². The Labute approximate surface area is 104 Å². The van der Waals surface area contributed by atoms with E-state index in [-0.39, 0.29) is 5.54 Å². The third kappa shape index (κ3) is 5.59. The Morgan fingerprint density at radius 2 is 1.65 bits per heavy atom. The van der Waals surface area contributed by atoms with Crippen LogP contribution < -0.4 is 14.8 Å². The zero-order valence-corrected chi connectivity index (χ0v) is 11.2. The molecule has 0 radical (unpaired) electrons. The molecule has 0 unspecified atom stereocenters. The number of rotatable bonds is 6. The van der Waals surface area contributed by atoms with Crippen molar-refractivity contribution < 1.29 is 9.47 Å². The second kappa shape index (κ2) is 6.50. The number of para-hydroxylation sites is 2. The summed E-state index contributed by atoms with van der Waals surface area (Å²) in [4.78, 5) is 0. The minimum absolute atomic E-state index is 0.128. The minimum atomic E-state index is 0.128. The average molecular weight is 237 g/mol. The van der Waals surface area contributed by atoms with E-state index in [0.717, 1.165) is 18.0 Å². The highest BCUT2D eigenvalue weighted by Crippen LogP contribution is 2.26. The van der Waals surface area contributed by atoms with E-state index in [2.05, 4.69) is 26.1 Å². The predicted molar refractivity (Wildman–Crippen MR) is 70.9 cm³/mol. The first kappa shape index (κ1) is 13.8. The molecule has 3 heteroatoms. The van der Waals surface area contributed by atoms with E-state index in [4.69, 9.17) is 9.47 Å². The molecule has 0 aliphatic carbocycles. The fourth-order valence-corrected chi connectivity index (χ4v) is 1.43. The Morgan fingerprint density at radius 3 is 2.18 bits per heavy atom. The van der Waals surface area contributed by atoms with E-state index in [1.165, 1.54) is 0 Å². The summed E-state index contributed by atoms with van der Waals surface area (Å²) in [5.74, 6) is 1.62. The number of hydrogen-bond donors (Lipinski definition) is 1. The Balaban J connectivity index is 2.41. The summed E-state index contributed by atoms with van der Waals surface area (Å²) in [6.07, 6.45) is 0. The lowest BCUT2D eigenvalue weighted by molar-refractivity contribution is 0.264. The predicted octanol–water partition coefficient (Wildman–Crippen LogP) is 2.85. The monoisotopic (exact) mass is 237 g/mol. The molecule has 1 aromatic carbocycles. The van der Waals surface area contributed by atoms with Crippen LogP contribution in [0.15, 0.2) is 24.3 Å². The average Bonchev–Trinajstić information content (AvgIpc) is 2.25. The highest BCUT2D eigenvalue weighted by atomic mass is 16.5. The number of ether oxygens (including phenoxy) is 2. The highest BCUT2D eigenvalue weighted by molar-refractivity contribution is 5.39. The maximum absolute atomic E-state index is 5.70. The summed E-state index contributed by atoms with van der Waals surface area (Å²) >= 11 is 0. The molecule has 0 bridgehead atoms. The molecule has 3 nitrogen and oxygen atoms in total. The maximum Gasteiger partial charge on any atom is 0.161 e. The molecule has 0 heterocycles. The lowest BCUT2D eigenvalue weighted by Gasteiger charge is -2.20. The van der Waals surface area contributed by atoms with Crippen molar-refractivity contribution in [3.05, 3.63) is 24.3 Å². The fourth-order valence-electron chi connectivity index (χ4n) is 1.43. The molecule has 17 heavy (non-hydrogen) atoms. The van der Waals surface area contributed by atoms with Crippen LogP contribution in [0.1, 0.15) is 27.7 Å². The molecular weight excluding hydrogens is 214 g/mol. The van der Waals surface area contributed by atoms with Crippen molar-refractivity contribution in [3.63, 3.8) is 0 Å². The van der Waals surface area contributed by atoms with Gasteiger partial charge in [0.25, 0.3) is 0 Å². The Kier molecular flexibility index (Phi) is 5.29. The van der Waals surface area contributed by atoms with Crippen molar-refractivity contribution in [1.29, 1.82) is 0 Å². The zero-order valence-electron chi connectivity index (χ0n) is 11.2. The Bertz CT molecular complexity index is 331. The third-order valence-corrected chi connectivity index (χ3v) is 2.16. The molecule has 0 aliphatic heterocycles. The van der Waals surface area contributed by atoms with Crippen LogP contribution in [0.3, 0.4) is 0 Å². The molecule has 0 amide bonds. The van der Waals surface area contributed by atoms with Gasteiger partial charge in [0, 0.05) is 12.1 Å². The fraction of sp³-hybridized carbons (Fsp3) is 0.571. The first-order chi connectivity index (χ1) is 8.03. The number of benzene rings is 1. The molecule has 0 spiro atoms. The first-order valence-corrected chi connectivity index (χ1v) is 6.12. The van der Waals surface area contributed by atoms with Gasteiger partial charge in [0.15, 0.2) is 11.5 Å². The van der Waals surface area contributed by atoms with Crippen LogP contribution in [-0.4, -0.2) is 25.3 Å². The maximum atomic E-state index is 5.70. The number of nitrogens with one attached hydrogen (secondary N) is 1. The number of hydrogen-bond acceptors (Lipinski definition) is 3. The van der Waals surface area contributed by atoms with Crippen LogP contribution >= 0.6 is 0 Å². The lowest BCUT2D eigenvalue weighted by atomic mass is 10.1. The molecular formula is C14H23NO2. The van der Waals surface area contributed by atoms with Gasteiger partial charge in [-0.2, -0.15) is 0 Å². The smallest absolute Gasteiger partial charge is 0.161 e. The largest absolute Gasteiger partial charge is 0.490 e. The SMILES string of the molecule is CCOc1ccccc1OCCNC(C)(C)C. The Hall–Kier alpha value is -1.22. The van der Waals surface area contributed by atoms with E-state index < -0.39 is 0 Å². The van der Waals surface area contributed by atoms with Gasteiger partial charge in [-0.05, 0) is 39.8 Å². The highest BCUT2D eigenvalue weighted by Gasteiger charge is 2.08. The summed E-state index contributed by atoms with van der Waals surface area (Å²) in [6, 6.07) is 7.76. The van der Waals surface area contributed by atoms with Gasteiger partial charge in [0.2, 0.25) is 0 Å². The van der Waals surface area contributed by atoms with Gasteiger partial charge in [-0.25, -0.2) is 0 Å². The molecule has 0 fully saturated rings. The van der Waals surface area contributed by atoms with E-state index in [1.54, 1.807) is 0 Å². The van der Waals surface area contributed by atoms with E-state index in [1.807, 2.05) is 31.2 Å². The van der Waals surface area contributed by atoms with Crippen molar-refractivity contribution in [1.82, 2.24) is 5.32 Å². The molecule has 0 aromatic heterocycles. The van der Waals surface area contributed by atoms with Crippen LogP contribution in [0.25, 0.3) is 0 Å². The van der Waals surface area contributed by atoms with Gasteiger partial charge in [-0.15, -0.1) is 0 Å². The minimum Gasteiger partial charge on any atom is -0.490 e. The van der Waals surface area contributed by atoms with Crippen molar-refractivity contribution in [2.45, 2.75) is 33.2 Å². The van der Waals surface area contributed by atoms with Crippen molar-refractivity contribution >= 4 is 0 Å². The van der Waals surface area contributed by atoms with Gasteiger partial charge < -0.3 is 14.8 Å². The summed E-state index contributed by atoms with van der Waals surface area (Å²) in [5.41, 5.74) is 0.128. The van der Waals surface area contributed by atoms with Gasteiger partial charge in [0.1, 0.15) is 6.61 Å². The second-order valence-corrected chi connectivity index (χ2v) is 4.90. The van der Waals surface area contributed by atoms with Gasteiger partial charge in [0.05, 0.1) is 6.61 Å². The van der Waals surface area contributed by atoms with Crippen LogP contribution in [0.2, 0.25) is 0 Å². The Morgan fingerprint density at radius 1 is 1.06 bits per heavy atom. The molecule has 1 rings (SSSR count). The molecule has 0 saturated carbocycles. The van der Waals surface area contributed by atoms with Crippen molar-refractivity contribution in [2.24, 2.45) is 0 Å². The normalized spacial score (nSPS) is 11.3. The quantitative estimate of drug-likeness (QED) is 0.772. The van der Waals surface area contributed by atoms with Gasteiger partial charge in [-0.1, -0.05) is 12.1 Å². The molecule has 0 aliphatic rings. The molecule has 1 aromatic rings. The van der Waals surface area contributed by atoms with Crippen LogP contribution in [-0.2, 0) is 0 Å². The van der Waals surface area contributed by atoms with Crippen LogP contribution in [0.5, 0.6) is 11.5 Å². The van der Waals surface area contributed by atoms with Crippen LogP contribution in [0, 0.1) is 0 Å². The second-order valence-electron chi connectivity index (χ2n) is 4.90. The van der Waals surface area contributed by atoms with E-state index in [0.29, 0.717) is 13.2 Å². The van der Waals surface area contributed by atoms with Crippen molar-refractivity contribution in [3.8, 4) is 11.5 Å². The van der Waals surface area contributed by atoms with Gasteiger partial charge >= 0.3 is 0 Å². The molecule has 96 valence electrons. The summed E-state index contributed by atoms with van der Waals surface area (Å²) in [7, 11) is 0. The summed E-state index contributed by atoms with van der Waals surface area (Å²) < 4.78 is 11.2. The topological polar surface area (TPSA) is 30.5 Å². The van der Waals surface area contributed by atoms with Gasteiger partial charge in [-0.3, -0.25) is 0 Å².